The smallest absolute Gasteiger partial charge is 0.306 e. The van der Waals surface area contributed by atoms with Gasteiger partial charge in [0.2, 0.25) is 0 Å². The molecule has 1 saturated heterocycles. The highest BCUT2D eigenvalue weighted by molar-refractivity contribution is 5.70. The van der Waals surface area contributed by atoms with E-state index in [1.54, 1.807) is 0 Å². The van der Waals surface area contributed by atoms with Crippen LogP contribution in [0.25, 0.3) is 0 Å². The Kier molecular flexibility index (Phi) is 38.1. The number of hydrogen-bond donors (Lipinski definition) is 4. The summed E-state index contributed by atoms with van der Waals surface area (Å²) in [6.45, 7) is 3.45. The second kappa shape index (κ2) is 40.5. The van der Waals surface area contributed by atoms with Crippen LogP contribution in [0.15, 0.2) is 12.2 Å². The first-order chi connectivity index (χ1) is 28.8. The largest absolute Gasteiger partial charge is 0.462 e. The van der Waals surface area contributed by atoms with Crippen molar-refractivity contribution in [3.05, 3.63) is 12.2 Å². The number of unbranched alkanes of at least 4 members (excludes halogenated alkanes) is 29. The van der Waals surface area contributed by atoms with Crippen molar-refractivity contribution in [3.63, 3.8) is 0 Å². The molecule has 10 nitrogen and oxygen atoms in total. The fourth-order valence-corrected chi connectivity index (χ4v) is 7.71. The molecular formula is C49H92O10. The Hall–Kier alpha value is -1.56. The molecule has 0 radical (unpaired) electrons. The Balaban J connectivity index is 2.26. The van der Waals surface area contributed by atoms with E-state index in [-0.39, 0.29) is 32.0 Å². The summed E-state index contributed by atoms with van der Waals surface area (Å²) in [5.74, 6) is -0.795. The molecule has 10 heteroatoms. The van der Waals surface area contributed by atoms with Gasteiger partial charge in [-0.2, -0.15) is 0 Å². The van der Waals surface area contributed by atoms with Gasteiger partial charge < -0.3 is 39.4 Å². The van der Waals surface area contributed by atoms with Crippen molar-refractivity contribution in [1.29, 1.82) is 0 Å². The van der Waals surface area contributed by atoms with Gasteiger partial charge in [0.15, 0.2) is 12.4 Å². The van der Waals surface area contributed by atoms with Gasteiger partial charge in [-0.1, -0.05) is 193 Å². The van der Waals surface area contributed by atoms with Crippen LogP contribution in [0.5, 0.6) is 0 Å². The Morgan fingerprint density at radius 1 is 0.508 bits per heavy atom. The summed E-state index contributed by atoms with van der Waals surface area (Å²) in [5.41, 5.74) is 0. The lowest BCUT2D eigenvalue weighted by Crippen LogP contribution is -2.59. The van der Waals surface area contributed by atoms with E-state index in [0.29, 0.717) is 6.42 Å². The van der Waals surface area contributed by atoms with Crippen LogP contribution in [0.3, 0.4) is 0 Å². The van der Waals surface area contributed by atoms with Crippen LogP contribution < -0.4 is 0 Å². The zero-order chi connectivity index (χ0) is 43.0. The highest BCUT2D eigenvalue weighted by atomic mass is 16.7. The molecule has 0 aromatic heterocycles. The molecule has 59 heavy (non-hydrogen) atoms. The minimum Gasteiger partial charge on any atom is -0.462 e. The van der Waals surface area contributed by atoms with E-state index >= 15 is 0 Å². The maximum atomic E-state index is 12.8. The third-order valence-corrected chi connectivity index (χ3v) is 11.7. The summed E-state index contributed by atoms with van der Waals surface area (Å²) in [6.07, 6.45) is 36.4. The summed E-state index contributed by atoms with van der Waals surface area (Å²) in [6, 6.07) is 0. The van der Waals surface area contributed by atoms with Crippen LogP contribution in [0.2, 0.25) is 0 Å². The van der Waals surface area contributed by atoms with Crippen LogP contribution in [-0.2, 0) is 28.5 Å². The highest BCUT2D eigenvalue weighted by Gasteiger charge is 2.44. The number of esters is 2. The van der Waals surface area contributed by atoms with Crippen molar-refractivity contribution in [3.8, 4) is 0 Å². The summed E-state index contributed by atoms with van der Waals surface area (Å²) in [7, 11) is 0. The first-order valence-electron chi connectivity index (χ1n) is 24.8. The normalized spacial score (nSPS) is 20.0. The van der Waals surface area contributed by atoms with Gasteiger partial charge in [0.05, 0.1) is 13.2 Å². The molecule has 0 aromatic rings. The zero-order valence-corrected chi connectivity index (χ0v) is 38.0. The molecule has 0 saturated carbocycles. The number of carbonyl (C=O) groups excluding carboxylic acids is 2. The molecule has 1 heterocycles. The molecule has 4 N–H and O–H groups in total. The Morgan fingerprint density at radius 2 is 0.898 bits per heavy atom. The third-order valence-electron chi connectivity index (χ3n) is 11.7. The van der Waals surface area contributed by atoms with Crippen molar-refractivity contribution in [2.75, 3.05) is 19.8 Å². The second-order valence-electron chi connectivity index (χ2n) is 17.3. The minimum absolute atomic E-state index is 0.213. The van der Waals surface area contributed by atoms with Crippen molar-refractivity contribution in [2.45, 2.75) is 269 Å². The molecule has 348 valence electrons. The molecule has 0 aliphatic carbocycles. The van der Waals surface area contributed by atoms with Gasteiger partial charge in [-0.3, -0.25) is 9.59 Å². The quantitative estimate of drug-likeness (QED) is 0.0265. The molecule has 0 spiro atoms. The molecule has 1 aliphatic rings. The van der Waals surface area contributed by atoms with E-state index in [1.165, 1.54) is 161 Å². The predicted molar refractivity (Wildman–Crippen MR) is 238 cm³/mol. The number of aliphatic hydroxyl groups excluding tert-OH is 4. The van der Waals surface area contributed by atoms with Crippen molar-refractivity contribution < 1.29 is 49.0 Å². The number of allylic oxidation sites excluding steroid dienone is 2. The average molecular weight is 841 g/mol. The van der Waals surface area contributed by atoms with Gasteiger partial charge in [-0.15, -0.1) is 0 Å². The lowest BCUT2D eigenvalue weighted by atomic mass is 9.99. The van der Waals surface area contributed by atoms with Crippen LogP contribution >= 0.6 is 0 Å². The first-order valence-corrected chi connectivity index (χ1v) is 24.8. The summed E-state index contributed by atoms with van der Waals surface area (Å²) < 4.78 is 22.2. The minimum atomic E-state index is -1.59. The summed E-state index contributed by atoms with van der Waals surface area (Å²) >= 11 is 0. The molecule has 2 unspecified atom stereocenters. The number of hydrogen-bond acceptors (Lipinski definition) is 10. The third kappa shape index (κ3) is 31.9. The number of ether oxygens (including phenoxy) is 4. The van der Waals surface area contributed by atoms with Gasteiger partial charge in [-0.05, 0) is 38.5 Å². The van der Waals surface area contributed by atoms with Gasteiger partial charge in [-0.25, -0.2) is 0 Å². The van der Waals surface area contributed by atoms with Crippen molar-refractivity contribution >= 4 is 11.9 Å². The maximum absolute atomic E-state index is 12.8. The van der Waals surface area contributed by atoms with E-state index in [4.69, 9.17) is 18.9 Å². The monoisotopic (exact) mass is 841 g/mol. The van der Waals surface area contributed by atoms with Gasteiger partial charge >= 0.3 is 11.9 Å². The molecular weight excluding hydrogens is 749 g/mol. The van der Waals surface area contributed by atoms with Crippen LogP contribution in [0.4, 0.5) is 0 Å². The maximum Gasteiger partial charge on any atom is 0.306 e. The van der Waals surface area contributed by atoms with Crippen LogP contribution in [0, 0.1) is 0 Å². The summed E-state index contributed by atoms with van der Waals surface area (Å²) in [4.78, 5) is 25.4. The van der Waals surface area contributed by atoms with Crippen molar-refractivity contribution in [1.82, 2.24) is 0 Å². The van der Waals surface area contributed by atoms with Gasteiger partial charge in [0.1, 0.15) is 31.0 Å². The molecule has 1 aliphatic heterocycles. The molecule has 0 bridgehead atoms. The Bertz CT molecular complexity index is 974. The van der Waals surface area contributed by atoms with E-state index in [9.17, 15) is 30.0 Å². The lowest BCUT2D eigenvalue weighted by molar-refractivity contribution is -0.305. The van der Waals surface area contributed by atoms with E-state index < -0.39 is 49.4 Å². The standard InChI is InChI=1S/C49H92O10/c1-3-5-7-9-11-13-15-17-19-20-21-22-24-25-27-29-31-33-35-37-44(51)56-40-42(41-57-49-48(55)47(54)46(53)43(39-50)59-49)58-45(52)38-36-34-32-30-28-26-23-18-16-14-12-10-8-6-4-2/h17,19,42-43,46-50,53-55H,3-16,18,20-41H2,1-2H3/b19-17+/t42-,43-,46+,47?,48?,49-/m0/s1. The Morgan fingerprint density at radius 3 is 1.32 bits per heavy atom. The predicted octanol–water partition coefficient (Wildman–Crippen LogP) is 11.1. The van der Waals surface area contributed by atoms with E-state index in [1.807, 2.05) is 0 Å². The molecule has 1 rings (SSSR count). The zero-order valence-electron chi connectivity index (χ0n) is 38.0. The van der Waals surface area contributed by atoms with Crippen molar-refractivity contribution in [2.24, 2.45) is 0 Å². The van der Waals surface area contributed by atoms with E-state index in [2.05, 4.69) is 26.0 Å². The second-order valence-corrected chi connectivity index (χ2v) is 17.3. The highest BCUT2D eigenvalue weighted by Crippen LogP contribution is 2.23. The lowest BCUT2D eigenvalue weighted by Gasteiger charge is -2.39. The molecule has 0 aromatic carbocycles. The fraction of sp³-hybridized carbons (Fsp3) is 0.918. The van der Waals surface area contributed by atoms with Gasteiger partial charge in [0, 0.05) is 12.8 Å². The average Bonchev–Trinajstić information content (AvgIpc) is 3.23. The van der Waals surface area contributed by atoms with Crippen LogP contribution in [-0.4, -0.2) is 89.0 Å². The molecule has 0 amide bonds. The topological polar surface area (TPSA) is 152 Å². The molecule has 6 atom stereocenters. The van der Waals surface area contributed by atoms with E-state index in [0.717, 1.165) is 38.5 Å². The number of rotatable bonds is 42. The van der Waals surface area contributed by atoms with Gasteiger partial charge in [0.25, 0.3) is 0 Å². The SMILES string of the molecule is CCCCCCCC/C=C/CCCCCCCCCCCC(=O)OC[C@@H](CO[C@H]1O[C@@H](CO)[C@@H](O)C(O)C1O)OC(=O)CCCCCCCCCCCCCCCCC. The Labute approximate surface area is 361 Å². The van der Waals surface area contributed by atoms with Crippen LogP contribution in [0.1, 0.15) is 232 Å². The number of carbonyl (C=O) groups is 2. The number of aliphatic hydroxyl groups is 4. The molecule has 1 fully saturated rings. The summed E-state index contributed by atoms with van der Waals surface area (Å²) in [5, 5.41) is 40.1. The first kappa shape index (κ1) is 55.5. The fourth-order valence-electron chi connectivity index (χ4n) is 7.71.